The number of rotatable bonds is 7. The molecule has 40 heavy (non-hydrogen) atoms. The van der Waals surface area contributed by atoms with Gasteiger partial charge in [0.2, 0.25) is 0 Å². The summed E-state index contributed by atoms with van der Waals surface area (Å²) in [4.78, 5) is 31.3. The van der Waals surface area contributed by atoms with Crippen LogP contribution in [0.5, 0.6) is 5.75 Å². The molecule has 4 heterocycles. The average molecular weight is 544 g/mol. The lowest BCUT2D eigenvalue weighted by Crippen LogP contribution is -2.45. The summed E-state index contributed by atoms with van der Waals surface area (Å²) in [5.74, 6) is 1.16. The van der Waals surface area contributed by atoms with E-state index < -0.39 is 0 Å². The van der Waals surface area contributed by atoms with E-state index in [9.17, 15) is 4.79 Å². The van der Waals surface area contributed by atoms with E-state index in [1.165, 1.54) is 18.5 Å². The average Bonchev–Trinajstić information content (AvgIpc) is 3.54. The quantitative estimate of drug-likeness (QED) is 0.477. The molecule has 3 fully saturated rings. The number of piperidine rings is 1. The Morgan fingerprint density at radius 3 is 2.42 bits per heavy atom. The van der Waals surface area contributed by atoms with Crippen LogP contribution in [-0.4, -0.2) is 103 Å². The SMILES string of the molecule is CN1CCN(CCOc2ccc3c(C4CCN(C(=O)Nc5ccc(N6CCCC6)cc5)CC4)ncnc3c2)CC1. The Hall–Kier alpha value is -3.43. The molecule has 0 atom stereocenters. The van der Waals surface area contributed by atoms with Crippen LogP contribution in [0.15, 0.2) is 48.8 Å². The van der Waals surface area contributed by atoms with E-state index in [4.69, 9.17) is 4.74 Å². The minimum atomic E-state index is -0.0294. The van der Waals surface area contributed by atoms with Crippen LogP contribution in [0.25, 0.3) is 10.9 Å². The second-order valence-corrected chi connectivity index (χ2v) is 11.4. The molecule has 0 unspecified atom stereocenters. The van der Waals surface area contributed by atoms with Crippen molar-refractivity contribution in [2.45, 2.75) is 31.6 Å². The number of likely N-dealkylation sites (N-methyl/N-ethyl adjacent to an activating group) is 1. The Bertz CT molecular complexity index is 1280. The van der Waals surface area contributed by atoms with Crippen molar-refractivity contribution in [3.63, 3.8) is 0 Å². The van der Waals surface area contributed by atoms with Gasteiger partial charge in [0.25, 0.3) is 0 Å². The van der Waals surface area contributed by atoms with Gasteiger partial charge in [0.15, 0.2) is 0 Å². The van der Waals surface area contributed by atoms with E-state index in [1.54, 1.807) is 6.33 Å². The van der Waals surface area contributed by atoms with Crippen molar-refractivity contribution >= 4 is 28.3 Å². The molecule has 9 nitrogen and oxygen atoms in total. The highest BCUT2D eigenvalue weighted by Gasteiger charge is 2.26. The lowest BCUT2D eigenvalue weighted by atomic mass is 9.91. The third-order valence-electron chi connectivity index (χ3n) is 8.67. The summed E-state index contributed by atoms with van der Waals surface area (Å²) >= 11 is 0. The van der Waals surface area contributed by atoms with Gasteiger partial charge in [-0.2, -0.15) is 0 Å². The Balaban J connectivity index is 1.01. The number of likely N-dealkylation sites (tertiary alicyclic amines) is 1. The van der Waals surface area contributed by atoms with Crippen LogP contribution in [0.2, 0.25) is 0 Å². The molecule has 0 spiro atoms. The maximum absolute atomic E-state index is 13.0. The minimum Gasteiger partial charge on any atom is -0.492 e. The molecule has 212 valence electrons. The summed E-state index contributed by atoms with van der Waals surface area (Å²) in [7, 11) is 2.18. The molecule has 1 N–H and O–H groups in total. The summed E-state index contributed by atoms with van der Waals surface area (Å²) in [6, 6.07) is 14.4. The second-order valence-electron chi connectivity index (χ2n) is 11.4. The van der Waals surface area contributed by atoms with Gasteiger partial charge in [0, 0.05) is 87.6 Å². The largest absolute Gasteiger partial charge is 0.492 e. The van der Waals surface area contributed by atoms with Gasteiger partial charge in [-0.15, -0.1) is 0 Å². The number of ether oxygens (including phenoxy) is 1. The molecule has 0 bridgehead atoms. The summed E-state index contributed by atoms with van der Waals surface area (Å²) in [6.45, 7) is 9.71. The fourth-order valence-corrected chi connectivity index (χ4v) is 6.13. The number of hydrogen-bond donors (Lipinski definition) is 1. The molecule has 2 amide bonds. The maximum atomic E-state index is 13.0. The van der Waals surface area contributed by atoms with Crippen molar-refractivity contribution < 1.29 is 9.53 Å². The zero-order chi connectivity index (χ0) is 27.3. The van der Waals surface area contributed by atoms with Gasteiger partial charge >= 0.3 is 6.03 Å². The molecule has 0 aliphatic carbocycles. The van der Waals surface area contributed by atoms with Gasteiger partial charge in [-0.1, -0.05) is 0 Å². The first-order valence-electron chi connectivity index (χ1n) is 14.8. The lowest BCUT2D eigenvalue weighted by molar-refractivity contribution is 0.134. The van der Waals surface area contributed by atoms with Crippen LogP contribution < -0.4 is 15.0 Å². The summed E-state index contributed by atoms with van der Waals surface area (Å²) in [5, 5.41) is 4.16. The van der Waals surface area contributed by atoms with Gasteiger partial charge in [-0.3, -0.25) is 4.90 Å². The molecule has 1 aromatic heterocycles. The topological polar surface area (TPSA) is 77.1 Å². The van der Waals surface area contributed by atoms with Crippen molar-refractivity contribution in [2.24, 2.45) is 0 Å². The second kappa shape index (κ2) is 12.4. The number of fused-ring (bicyclic) bond motifs is 1. The normalized spacial score (nSPS) is 19.3. The third kappa shape index (κ3) is 6.31. The molecule has 0 radical (unpaired) electrons. The van der Waals surface area contributed by atoms with Crippen LogP contribution in [0.3, 0.4) is 0 Å². The highest BCUT2D eigenvalue weighted by atomic mass is 16.5. The summed E-state index contributed by atoms with van der Waals surface area (Å²) < 4.78 is 6.08. The number of carbonyl (C=O) groups excluding carboxylic acids is 1. The fraction of sp³-hybridized carbons (Fsp3) is 0.516. The van der Waals surface area contributed by atoms with Crippen LogP contribution in [0.4, 0.5) is 16.2 Å². The van der Waals surface area contributed by atoms with Crippen LogP contribution >= 0.6 is 0 Å². The molecule has 3 saturated heterocycles. The van der Waals surface area contributed by atoms with E-state index in [1.807, 2.05) is 29.2 Å². The number of amides is 2. The Labute approximate surface area is 237 Å². The molecule has 3 aliphatic rings. The van der Waals surface area contributed by atoms with E-state index in [0.717, 1.165) is 86.7 Å². The Morgan fingerprint density at radius 2 is 1.68 bits per heavy atom. The highest BCUT2D eigenvalue weighted by Crippen LogP contribution is 2.32. The Kier molecular flexibility index (Phi) is 8.29. The number of urea groups is 1. The predicted octanol–water partition coefficient (Wildman–Crippen LogP) is 4.27. The number of piperazine rings is 1. The fourth-order valence-electron chi connectivity index (χ4n) is 6.13. The monoisotopic (exact) mass is 543 g/mol. The van der Waals surface area contributed by atoms with Crippen molar-refractivity contribution in [3.05, 3.63) is 54.5 Å². The summed E-state index contributed by atoms with van der Waals surface area (Å²) in [6.07, 6.45) is 5.95. The van der Waals surface area contributed by atoms with Gasteiger partial charge < -0.3 is 24.8 Å². The zero-order valence-electron chi connectivity index (χ0n) is 23.6. The molecule has 3 aliphatic heterocycles. The third-order valence-corrected chi connectivity index (χ3v) is 8.67. The smallest absolute Gasteiger partial charge is 0.321 e. The van der Waals surface area contributed by atoms with E-state index in [2.05, 4.69) is 55.2 Å². The minimum absolute atomic E-state index is 0.0294. The van der Waals surface area contributed by atoms with Crippen molar-refractivity contribution in [1.29, 1.82) is 0 Å². The zero-order valence-corrected chi connectivity index (χ0v) is 23.6. The molecular formula is C31H41N7O2. The molecule has 3 aromatic rings. The van der Waals surface area contributed by atoms with Gasteiger partial charge in [0.05, 0.1) is 11.2 Å². The van der Waals surface area contributed by atoms with Gasteiger partial charge in [0.1, 0.15) is 18.7 Å². The first-order chi connectivity index (χ1) is 19.6. The van der Waals surface area contributed by atoms with Crippen molar-refractivity contribution in [2.75, 3.05) is 82.8 Å². The summed E-state index contributed by atoms with van der Waals surface area (Å²) in [5.41, 5.74) is 4.07. The highest BCUT2D eigenvalue weighted by molar-refractivity contribution is 5.89. The van der Waals surface area contributed by atoms with Crippen LogP contribution in [-0.2, 0) is 0 Å². The number of nitrogens with zero attached hydrogens (tertiary/aromatic N) is 6. The standard InChI is InChI=1S/C31H41N7O2/c1-35-16-18-36(19-17-35)20-21-40-27-8-9-28-29(22-27)32-23-33-30(28)24-10-14-38(15-11-24)31(39)34-25-4-6-26(7-5-25)37-12-2-3-13-37/h4-9,22-24H,2-3,10-21H2,1H3,(H,34,39). The van der Waals surface area contributed by atoms with Crippen LogP contribution in [0.1, 0.15) is 37.3 Å². The van der Waals surface area contributed by atoms with E-state index >= 15 is 0 Å². The lowest BCUT2D eigenvalue weighted by Gasteiger charge is -2.32. The number of benzene rings is 2. The number of nitrogens with one attached hydrogen (secondary N) is 1. The van der Waals surface area contributed by atoms with E-state index in [0.29, 0.717) is 25.6 Å². The molecule has 2 aromatic carbocycles. The van der Waals surface area contributed by atoms with Crippen molar-refractivity contribution in [3.8, 4) is 5.75 Å². The molecule has 9 heteroatoms. The number of aromatic nitrogens is 2. The van der Waals surface area contributed by atoms with Gasteiger partial charge in [-0.25, -0.2) is 14.8 Å². The van der Waals surface area contributed by atoms with Crippen LogP contribution in [0, 0.1) is 0 Å². The first kappa shape index (κ1) is 26.8. The number of hydrogen-bond acceptors (Lipinski definition) is 7. The first-order valence-corrected chi connectivity index (χ1v) is 14.8. The van der Waals surface area contributed by atoms with Gasteiger partial charge in [-0.05, 0) is 69.1 Å². The number of anilines is 2. The predicted molar refractivity (Wildman–Crippen MR) is 159 cm³/mol. The van der Waals surface area contributed by atoms with E-state index in [-0.39, 0.29) is 6.03 Å². The number of carbonyl (C=O) groups is 1. The van der Waals surface area contributed by atoms with Crippen molar-refractivity contribution in [1.82, 2.24) is 24.7 Å². The molecular weight excluding hydrogens is 502 g/mol. The molecule has 0 saturated carbocycles. The Morgan fingerprint density at radius 1 is 0.925 bits per heavy atom. The molecule has 6 rings (SSSR count). The maximum Gasteiger partial charge on any atom is 0.321 e.